The first-order valence-corrected chi connectivity index (χ1v) is 3.76. The van der Waals surface area contributed by atoms with Gasteiger partial charge in [0.05, 0.1) is 6.10 Å². The maximum absolute atomic E-state index is 9.36. The molecule has 3 fully saturated rings. The molecular weight excluding hydrogens is 137 g/mol. The SMILES string of the molecule is O[C@H]1CN2CCC1CC2.[H-].[Na+]. The van der Waals surface area contributed by atoms with Crippen molar-refractivity contribution in [2.75, 3.05) is 19.6 Å². The van der Waals surface area contributed by atoms with Gasteiger partial charge in [-0.2, -0.15) is 0 Å². The average molecular weight is 151 g/mol. The molecule has 0 saturated carbocycles. The molecule has 0 radical (unpaired) electrons. The van der Waals surface area contributed by atoms with Crippen LogP contribution in [0.1, 0.15) is 14.3 Å². The van der Waals surface area contributed by atoms with Gasteiger partial charge >= 0.3 is 29.6 Å². The van der Waals surface area contributed by atoms with Gasteiger partial charge in [-0.25, -0.2) is 0 Å². The van der Waals surface area contributed by atoms with E-state index in [4.69, 9.17) is 0 Å². The van der Waals surface area contributed by atoms with Gasteiger partial charge in [0.25, 0.3) is 0 Å². The molecule has 0 aliphatic carbocycles. The summed E-state index contributed by atoms with van der Waals surface area (Å²) in [4.78, 5) is 2.35. The fourth-order valence-corrected chi connectivity index (χ4v) is 1.93. The molecule has 1 atom stereocenters. The molecule has 2 bridgehead atoms. The first-order valence-electron chi connectivity index (χ1n) is 3.76. The molecule has 3 aliphatic rings. The van der Waals surface area contributed by atoms with Crippen molar-refractivity contribution in [3.05, 3.63) is 0 Å². The molecule has 10 heavy (non-hydrogen) atoms. The van der Waals surface area contributed by atoms with Gasteiger partial charge in [0, 0.05) is 6.54 Å². The summed E-state index contributed by atoms with van der Waals surface area (Å²) in [6, 6.07) is 0. The summed E-state index contributed by atoms with van der Waals surface area (Å²) in [7, 11) is 0. The van der Waals surface area contributed by atoms with Gasteiger partial charge in [-0.1, -0.05) is 0 Å². The fourth-order valence-electron chi connectivity index (χ4n) is 1.93. The van der Waals surface area contributed by atoms with Crippen LogP contribution in [0.25, 0.3) is 0 Å². The van der Waals surface area contributed by atoms with Crippen LogP contribution in [-0.4, -0.2) is 35.7 Å². The number of nitrogens with zero attached hydrogens (tertiary/aromatic N) is 1. The van der Waals surface area contributed by atoms with E-state index in [1.165, 1.54) is 25.9 Å². The number of piperidine rings is 3. The second-order valence-electron chi connectivity index (χ2n) is 3.21. The molecule has 54 valence electrons. The Morgan fingerprint density at radius 2 is 1.90 bits per heavy atom. The Bertz CT molecular complexity index is 117. The Morgan fingerprint density at radius 1 is 1.30 bits per heavy atom. The van der Waals surface area contributed by atoms with E-state index in [0.717, 1.165) is 6.54 Å². The van der Waals surface area contributed by atoms with Crippen molar-refractivity contribution >= 4 is 0 Å². The minimum Gasteiger partial charge on any atom is -1.00 e. The minimum absolute atomic E-state index is 0. The van der Waals surface area contributed by atoms with Gasteiger partial charge < -0.3 is 11.4 Å². The molecule has 3 saturated heterocycles. The Kier molecular flexibility index (Phi) is 3.20. The smallest absolute Gasteiger partial charge is 1.00 e. The van der Waals surface area contributed by atoms with E-state index >= 15 is 0 Å². The summed E-state index contributed by atoms with van der Waals surface area (Å²) in [5.74, 6) is 0.634. The van der Waals surface area contributed by atoms with Gasteiger partial charge in [-0.3, -0.25) is 0 Å². The van der Waals surface area contributed by atoms with E-state index in [2.05, 4.69) is 4.90 Å². The van der Waals surface area contributed by atoms with E-state index in [-0.39, 0.29) is 37.1 Å². The normalized spacial score (nSPS) is 44.7. The predicted octanol–water partition coefficient (Wildman–Crippen LogP) is -2.81. The first-order chi connectivity index (χ1) is 4.36. The molecule has 0 aromatic heterocycles. The second-order valence-corrected chi connectivity index (χ2v) is 3.21. The zero-order valence-corrected chi connectivity index (χ0v) is 8.58. The molecule has 3 rings (SSSR count). The molecular formula is C7H14NNaO. The average Bonchev–Trinajstić information content (AvgIpc) is 1.90. The summed E-state index contributed by atoms with van der Waals surface area (Å²) >= 11 is 0. The van der Waals surface area contributed by atoms with Crippen molar-refractivity contribution in [2.45, 2.75) is 18.9 Å². The quantitative estimate of drug-likeness (QED) is 0.378. The first kappa shape index (κ1) is 9.01. The molecule has 0 unspecified atom stereocenters. The predicted molar refractivity (Wildman–Crippen MR) is 36.3 cm³/mol. The van der Waals surface area contributed by atoms with Gasteiger partial charge in [0.1, 0.15) is 0 Å². The van der Waals surface area contributed by atoms with Crippen molar-refractivity contribution in [3.8, 4) is 0 Å². The maximum Gasteiger partial charge on any atom is 1.00 e. The zero-order chi connectivity index (χ0) is 6.27. The van der Waals surface area contributed by atoms with Crippen molar-refractivity contribution < 1.29 is 36.1 Å². The molecule has 0 aromatic rings. The van der Waals surface area contributed by atoms with Crippen molar-refractivity contribution in [1.29, 1.82) is 0 Å². The molecule has 2 nitrogen and oxygen atoms in total. The van der Waals surface area contributed by atoms with E-state index < -0.39 is 0 Å². The number of aliphatic hydroxyl groups excluding tert-OH is 1. The van der Waals surface area contributed by atoms with E-state index in [0.29, 0.717) is 5.92 Å². The van der Waals surface area contributed by atoms with Gasteiger partial charge in [-0.15, -0.1) is 0 Å². The van der Waals surface area contributed by atoms with Crippen LogP contribution in [0.15, 0.2) is 0 Å². The van der Waals surface area contributed by atoms with E-state index in [1.54, 1.807) is 0 Å². The number of fused-ring (bicyclic) bond motifs is 3. The maximum atomic E-state index is 9.36. The standard InChI is InChI=1S/C7H13NO.Na.H/c9-7-5-8-3-1-6(7)2-4-8;;/h6-7,9H,1-5H2;;/q;+1;-1/t7-;;/m0../s1. The van der Waals surface area contributed by atoms with E-state index in [1.807, 2.05) is 0 Å². The Morgan fingerprint density at radius 3 is 2.10 bits per heavy atom. The van der Waals surface area contributed by atoms with Crippen LogP contribution in [0.4, 0.5) is 0 Å². The van der Waals surface area contributed by atoms with Crippen LogP contribution in [-0.2, 0) is 0 Å². The summed E-state index contributed by atoms with van der Waals surface area (Å²) < 4.78 is 0. The molecule has 3 aliphatic heterocycles. The van der Waals surface area contributed by atoms with Gasteiger partial charge in [-0.05, 0) is 31.8 Å². The van der Waals surface area contributed by atoms with Crippen LogP contribution < -0.4 is 29.6 Å². The molecule has 3 heterocycles. The summed E-state index contributed by atoms with van der Waals surface area (Å²) in [6.45, 7) is 3.38. The van der Waals surface area contributed by atoms with Crippen molar-refractivity contribution in [1.82, 2.24) is 4.90 Å². The zero-order valence-electron chi connectivity index (χ0n) is 7.58. The van der Waals surface area contributed by atoms with Crippen molar-refractivity contribution in [3.63, 3.8) is 0 Å². The summed E-state index contributed by atoms with van der Waals surface area (Å²) in [6.07, 6.45) is 2.44. The molecule has 1 N–H and O–H groups in total. The van der Waals surface area contributed by atoms with Gasteiger partial charge in [0.2, 0.25) is 0 Å². The summed E-state index contributed by atoms with van der Waals surface area (Å²) in [5, 5.41) is 9.36. The third-order valence-corrected chi connectivity index (χ3v) is 2.62. The van der Waals surface area contributed by atoms with E-state index in [9.17, 15) is 5.11 Å². The Hall–Kier alpha value is 0.920. The molecule has 3 heteroatoms. The third kappa shape index (κ3) is 1.56. The Balaban J connectivity index is 0.000000500. The largest absolute Gasteiger partial charge is 1.00 e. The van der Waals surface area contributed by atoms with Crippen LogP contribution in [0.5, 0.6) is 0 Å². The monoisotopic (exact) mass is 151 g/mol. The second kappa shape index (κ2) is 3.55. The number of aliphatic hydroxyl groups is 1. The molecule has 0 aromatic carbocycles. The minimum atomic E-state index is -0.00694. The van der Waals surface area contributed by atoms with Crippen LogP contribution in [0.2, 0.25) is 0 Å². The van der Waals surface area contributed by atoms with Crippen LogP contribution in [0.3, 0.4) is 0 Å². The van der Waals surface area contributed by atoms with Gasteiger partial charge in [0.15, 0.2) is 0 Å². The summed E-state index contributed by atoms with van der Waals surface area (Å²) in [5.41, 5.74) is 0. The van der Waals surface area contributed by atoms with Crippen LogP contribution in [0, 0.1) is 5.92 Å². The van der Waals surface area contributed by atoms with Crippen molar-refractivity contribution in [2.24, 2.45) is 5.92 Å². The molecule has 0 amide bonds. The number of hydrogen-bond acceptors (Lipinski definition) is 2. The number of rotatable bonds is 0. The Labute approximate surface area is 85.4 Å². The third-order valence-electron chi connectivity index (χ3n) is 2.62. The fraction of sp³-hybridized carbons (Fsp3) is 1.00. The van der Waals surface area contributed by atoms with Crippen LogP contribution >= 0.6 is 0 Å². The molecule has 0 spiro atoms. The number of hydrogen-bond donors (Lipinski definition) is 1. The topological polar surface area (TPSA) is 23.5 Å².